The summed E-state index contributed by atoms with van der Waals surface area (Å²) in [6.07, 6.45) is 3.73. The van der Waals surface area contributed by atoms with Crippen LogP contribution < -0.4 is 25.2 Å². The third kappa shape index (κ3) is 7.65. The number of amides is 2. The molecular formula is C32H38Cl2N6O3. The number of likely N-dealkylation sites (N-methyl/N-ethyl adjacent to an activating group) is 1. The number of aryl methyl sites for hydroxylation is 1. The fourth-order valence-corrected chi connectivity index (χ4v) is 5.99. The minimum atomic E-state index is -0.296. The van der Waals surface area contributed by atoms with Gasteiger partial charge in [0.1, 0.15) is 17.9 Å². The standard InChI is InChI=1S/C32H38Cl2N6O3/c1-7-21-12-27(43-6)32(34)25(31(21)33)15-30(42)39(5)28-13-23(35-18-36-28)11-22-9-10-24(14-26(22)38-29(41)8-2)40-16-19(3)37-20(4)17-40/h8-10,12-14,18-20,37H,2,7,11,15-17H2,1,3-6H3,(H,38,41)/t19-,20+. The molecule has 2 N–H and O–H groups in total. The Morgan fingerprint density at radius 3 is 2.51 bits per heavy atom. The number of hydrogen-bond donors (Lipinski definition) is 2. The van der Waals surface area contributed by atoms with Crippen LogP contribution in [0.5, 0.6) is 5.75 Å². The van der Waals surface area contributed by atoms with Gasteiger partial charge in [-0.3, -0.25) is 14.5 Å². The number of benzene rings is 2. The van der Waals surface area contributed by atoms with Crippen molar-refractivity contribution in [2.75, 3.05) is 42.4 Å². The van der Waals surface area contributed by atoms with Crippen LogP contribution in [0.3, 0.4) is 0 Å². The lowest BCUT2D eigenvalue weighted by Gasteiger charge is -2.38. The van der Waals surface area contributed by atoms with Crippen molar-refractivity contribution in [3.8, 4) is 5.75 Å². The number of hydrogen-bond acceptors (Lipinski definition) is 7. The fraction of sp³-hybridized carbons (Fsp3) is 0.375. The molecule has 0 unspecified atom stereocenters. The van der Waals surface area contributed by atoms with E-state index >= 15 is 0 Å². The number of nitrogens with zero attached hydrogens (tertiary/aromatic N) is 4. The first-order chi connectivity index (χ1) is 20.5. The predicted octanol–water partition coefficient (Wildman–Crippen LogP) is 5.46. The maximum absolute atomic E-state index is 13.4. The topological polar surface area (TPSA) is 99.7 Å². The average molecular weight is 626 g/mol. The van der Waals surface area contributed by atoms with Crippen LogP contribution in [0, 0.1) is 0 Å². The molecule has 2 atom stereocenters. The zero-order valence-electron chi connectivity index (χ0n) is 25.2. The second-order valence-electron chi connectivity index (χ2n) is 10.8. The van der Waals surface area contributed by atoms with Crippen molar-refractivity contribution in [3.63, 3.8) is 0 Å². The monoisotopic (exact) mass is 624 g/mol. The Bertz CT molecular complexity index is 1480. The number of halogens is 2. The van der Waals surface area contributed by atoms with Gasteiger partial charge in [-0.1, -0.05) is 42.8 Å². The van der Waals surface area contributed by atoms with Gasteiger partial charge in [0.05, 0.1) is 24.2 Å². The van der Waals surface area contributed by atoms with Crippen molar-refractivity contribution in [2.24, 2.45) is 0 Å². The zero-order chi connectivity index (χ0) is 31.3. The molecule has 0 radical (unpaired) electrons. The summed E-state index contributed by atoms with van der Waals surface area (Å²) < 4.78 is 5.40. The number of piperazine rings is 1. The molecule has 1 aromatic heterocycles. The number of carbonyl (C=O) groups is 2. The molecule has 0 bridgehead atoms. The Morgan fingerprint density at radius 2 is 1.86 bits per heavy atom. The molecule has 43 heavy (non-hydrogen) atoms. The molecule has 0 saturated carbocycles. The SMILES string of the molecule is C=CC(=O)Nc1cc(N2C[C@@H](C)N[C@@H](C)C2)ccc1Cc1cc(N(C)C(=O)Cc2c(Cl)c(CC)cc(OC)c2Cl)ncn1. The van der Waals surface area contributed by atoms with E-state index in [2.05, 4.69) is 52.0 Å². The summed E-state index contributed by atoms with van der Waals surface area (Å²) >= 11 is 13.2. The van der Waals surface area contributed by atoms with Crippen LogP contribution >= 0.6 is 23.2 Å². The molecule has 11 heteroatoms. The Balaban J connectivity index is 1.57. The van der Waals surface area contributed by atoms with E-state index in [1.54, 1.807) is 19.2 Å². The molecule has 4 rings (SSSR count). The second kappa shape index (κ2) is 14.2. The number of aromatic nitrogens is 2. The van der Waals surface area contributed by atoms with Crippen molar-refractivity contribution < 1.29 is 14.3 Å². The van der Waals surface area contributed by atoms with Crippen molar-refractivity contribution in [2.45, 2.75) is 52.1 Å². The molecule has 1 aliphatic heterocycles. The summed E-state index contributed by atoms with van der Waals surface area (Å²) in [6, 6.07) is 10.3. The fourth-order valence-electron chi connectivity index (χ4n) is 5.30. The summed E-state index contributed by atoms with van der Waals surface area (Å²) in [5.74, 6) is 0.365. The van der Waals surface area contributed by atoms with E-state index in [0.717, 1.165) is 29.9 Å². The van der Waals surface area contributed by atoms with Gasteiger partial charge in [-0.05, 0) is 55.7 Å². The summed E-state index contributed by atoms with van der Waals surface area (Å²) in [4.78, 5) is 38.2. The van der Waals surface area contributed by atoms with Gasteiger partial charge in [0.2, 0.25) is 11.8 Å². The minimum Gasteiger partial charge on any atom is -0.495 e. The molecule has 2 heterocycles. The van der Waals surface area contributed by atoms with Crippen molar-refractivity contribution >= 4 is 52.2 Å². The Hall–Kier alpha value is -3.66. The van der Waals surface area contributed by atoms with Crippen LogP contribution in [0.2, 0.25) is 10.0 Å². The largest absolute Gasteiger partial charge is 0.495 e. The van der Waals surface area contributed by atoms with Gasteiger partial charge in [0.15, 0.2) is 0 Å². The van der Waals surface area contributed by atoms with E-state index < -0.39 is 0 Å². The number of methoxy groups -OCH3 is 1. The molecule has 1 aliphatic rings. The number of ether oxygens (including phenoxy) is 1. The molecule has 0 spiro atoms. The van der Waals surface area contributed by atoms with Crippen LogP contribution in [0.4, 0.5) is 17.2 Å². The van der Waals surface area contributed by atoms with Crippen LogP contribution in [-0.2, 0) is 28.9 Å². The summed E-state index contributed by atoms with van der Waals surface area (Å²) in [5, 5.41) is 7.27. The average Bonchev–Trinajstić information content (AvgIpc) is 2.99. The van der Waals surface area contributed by atoms with Gasteiger partial charge in [0.25, 0.3) is 0 Å². The van der Waals surface area contributed by atoms with Crippen molar-refractivity contribution in [3.05, 3.63) is 81.7 Å². The highest BCUT2D eigenvalue weighted by molar-refractivity contribution is 6.37. The van der Waals surface area contributed by atoms with E-state index in [4.69, 9.17) is 27.9 Å². The molecule has 9 nitrogen and oxygen atoms in total. The number of rotatable bonds is 10. The molecule has 1 fully saturated rings. The molecule has 2 aromatic carbocycles. The number of anilines is 3. The molecular weight excluding hydrogens is 587 g/mol. The first kappa shape index (κ1) is 32.3. The number of carbonyl (C=O) groups excluding carboxylic acids is 2. The Labute approximate surface area is 263 Å². The molecule has 228 valence electrons. The third-order valence-corrected chi connectivity index (χ3v) is 8.41. The summed E-state index contributed by atoms with van der Waals surface area (Å²) in [5.41, 5.74) is 4.63. The van der Waals surface area contributed by atoms with E-state index in [-0.39, 0.29) is 18.2 Å². The Morgan fingerprint density at radius 1 is 1.14 bits per heavy atom. The van der Waals surface area contributed by atoms with E-state index in [1.165, 1.54) is 24.4 Å². The summed E-state index contributed by atoms with van der Waals surface area (Å²) in [6.45, 7) is 11.6. The normalized spacial score (nSPS) is 16.5. The molecule has 2 amide bonds. The van der Waals surface area contributed by atoms with Crippen LogP contribution in [0.15, 0.2) is 49.3 Å². The van der Waals surface area contributed by atoms with Crippen LogP contribution in [-0.4, -0.2) is 61.1 Å². The molecule has 0 aliphatic carbocycles. The molecule has 3 aromatic rings. The zero-order valence-corrected chi connectivity index (χ0v) is 26.7. The lowest BCUT2D eigenvalue weighted by Crippen LogP contribution is -2.54. The predicted molar refractivity (Wildman–Crippen MR) is 174 cm³/mol. The van der Waals surface area contributed by atoms with Crippen LogP contribution in [0.25, 0.3) is 0 Å². The first-order valence-corrected chi connectivity index (χ1v) is 15.0. The second-order valence-corrected chi connectivity index (χ2v) is 11.5. The van der Waals surface area contributed by atoms with E-state index in [1.807, 2.05) is 19.1 Å². The Kier molecular flexibility index (Phi) is 10.7. The van der Waals surface area contributed by atoms with Crippen LogP contribution in [0.1, 0.15) is 43.2 Å². The highest BCUT2D eigenvalue weighted by Crippen LogP contribution is 2.37. The van der Waals surface area contributed by atoms with Gasteiger partial charge in [-0.2, -0.15) is 0 Å². The van der Waals surface area contributed by atoms with E-state index in [9.17, 15) is 9.59 Å². The highest BCUT2D eigenvalue weighted by atomic mass is 35.5. The van der Waals surface area contributed by atoms with Gasteiger partial charge in [-0.15, -0.1) is 0 Å². The smallest absolute Gasteiger partial charge is 0.247 e. The maximum Gasteiger partial charge on any atom is 0.247 e. The van der Waals surface area contributed by atoms with Gasteiger partial charge < -0.3 is 20.3 Å². The lowest BCUT2D eigenvalue weighted by atomic mass is 10.0. The number of nitrogens with one attached hydrogen (secondary N) is 2. The maximum atomic E-state index is 13.4. The van der Waals surface area contributed by atoms with Gasteiger partial charge >= 0.3 is 0 Å². The summed E-state index contributed by atoms with van der Waals surface area (Å²) in [7, 11) is 3.18. The highest BCUT2D eigenvalue weighted by Gasteiger charge is 2.23. The lowest BCUT2D eigenvalue weighted by molar-refractivity contribution is -0.117. The van der Waals surface area contributed by atoms with Gasteiger partial charge in [0, 0.05) is 66.7 Å². The molecule has 1 saturated heterocycles. The first-order valence-electron chi connectivity index (χ1n) is 14.2. The third-order valence-electron chi connectivity index (χ3n) is 7.52. The van der Waals surface area contributed by atoms with Crippen molar-refractivity contribution in [1.29, 1.82) is 0 Å². The van der Waals surface area contributed by atoms with E-state index in [0.29, 0.717) is 63.5 Å². The quantitative estimate of drug-likeness (QED) is 0.289. The van der Waals surface area contributed by atoms with Gasteiger partial charge in [-0.25, -0.2) is 9.97 Å². The van der Waals surface area contributed by atoms with Crippen molar-refractivity contribution in [1.82, 2.24) is 15.3 Å². The minimum absolute atomic E-state index is 0.0276.